The molecule has 1 spiro atoms. The Morgan fingerprint density at radius 1 is 1.27 bits per heavy atom. The number of carbonyl (C=O) groups is 2. The van der Waals surface area contributed by atoms with E-state index in [1.54, 1.807) is 16.3 Å². The minimum Gasteiger partial charge on any atom is -0.360 e. The average molecular weight is 447 g/mol. The fourth-order valence-electron chi connectivity index (χ4n) is 5.69. The fourth-order valence-corrected chi connectivity index (χ4v) is 5.69. The molecule has 0 unspecified atom stereocenters. The lowest BCUT2D eigenvalue weighted by molar-refractivity contribution is -0.136. The van der Waals surface area contributed by atoms with Gasteiger partial charge in [0.2, 0.25) is 11.8 Å². The molecule has 2 aromatic heterocycles. The minimum absolute atomic E-state index is 0.0591. The summed E-state index contributed by atoms with van der Waals surface area (Å²) in [5.74, 6) is -1.34. The molecule has 1 N–H and O–H groups in total. The predicted molar refractivity (Wildman–Crippen MR) is 121 cm³/mol. The zero-order valence-corrected chi connectivity index (χ0v) is 18.7. The van der Waals surface area contributed by atoms with Crippen molar-refractivity contribution in [3.8, 4) is 0 Å². The van der Waals surface area contributed by atoms with Gasteiger partial charge in [-0.3, -0.25) is 9.59 Å². The minimum atomic E-state index is -0.687. The molecule has 33 heavy (non-hydrogen) atoms. The first-order valence-electron chi connectivity index (χ1n) is 11.2. The van der Waals surface area contributed by atoms with Crippen LogP contribution in [0.15, 0.2) is 41.2 Å². The number of nitrogens with one attached hydrogen (secondary N) is 1. The van der Waals surface area contributed by atoms with Crippen molar-refractivity contribution in [2.75, 3.05) is 20.1 Å². The van der Waals surface area contributed by atoms with Gasteiger partial charge in [-0.25, -0.2) is 13.9 Å². The second-order valence-corrected chi connectivity index (χ2v) is 9.44. The van der Waals surface area contributed by atoms with Crippen LogP contribution in [-0.2, 0) is 20.9 Å². The fraction of sp³-hybridized carbons (Fsp3) is 0.417. The summed E-state index contributed by atoms with van der Waals surface area (Å²) in [6.07, 6.45) is 3.43. The van der Waals surface area contributed by atoms with Gasteiger partial charge in [-0.1, -0.05) is 24.3 Å². The van der Waals surface area contributed by atoms with Gasteiger partial charge < -0.3 is 15.0 Å². The van der Waals surface area contributed by atoms with E-state index < -0.39 is 17.4 Å². The van der Waals surface area contributed by atoms with E-state index in [2.05, 4.69) is 10.4 Å². The predicted octanol–water partition coefficient (Wildman–Crippen LogP) is 0.794. The number of carbonyl (C=O) groups excluding carboxylic acids is 2. The van der Waals surface area contributed by atoms with Gasteiger partial charge >= 0.3 is 5.69 Å². The lowest BCUT2D eigenvalue weighted by Crippen LogP contribution is -2.45. The lowest BCUT2D eigenvalue weighted by atomic mass is 9.77. The van der Waals surface area contributed by atoms with Crippen LogP contribution in [0.2, 0.25) is 0 Å². The molecule has 2 fully saturated rings. The summed E-state index contributed by atoms with van der Waals surface area (Å²) in [4.78, 5) is 40.5. The van der Waals surface area contributed by atoms with Crippen LogP contribution < -0.4 is 11.0 Å². The largest absolute Gasteiger partial charge is 0.360 e. The van der Waals surface area contributed by atoms with E-state index in [1.807, 2.05) is 50.3 Å². The second-order valence-electron chi connectivity index (χ2n) is 9.44. The highest BCUT2D eigenvalue weighted by atomic mass is 16.5. The van der Waals surface area contributed by atoms with Gasteiger partial charge in [0.25, 0.3) is 0 Å². The smallest absolute Gasteiger partial charge is 0.350 e. The molecule has 2 bridgehead atoms. The summed E-state index contributed by atoms with van der Waals surface area (Å²) >= 11 is 0. The van der Waals surface area contributed by atoms with Crippen LogP contribution in [0.25, 0.3) is 16.6 Å². The monoisotopic (exact) mass is 447 g/mol. The van der Waals surface area contributed by atoms with Gasteiger partial charge in [-0.2, -0.15) is 0 Å². The first-order valence-corrected chi connectivity index (χ1v) is 11.2. The Kier molecular flexibility index (Phi) is 4.14. The van der Waals surface area contributed by atoms with Crippen molar-refractivity contribution in [3.63, 3.8) is 0 Å². The Labute approximate surface area is 189 Å². The number of hydrogen-bond acceptors (Lipinski definition) is 5. The highest BCUT2D eigenvalue weighted by molar-refractivity contribution is 5.92. The van der Waals surface area contributed by atoms with Crippen molar-refractivity contribution >= 4 is 28.4 Å². The van der Waals surface area contributed by atoms with Crippen molar-refractivity contribution < 1.29 is 14.3 Å². The molecule has 170 valence electrons. The molecule has 0 radical (unpaired) electrons. The summed E-state index contributed by atoms with van der Waals surface area (Å²) in [7, 11) is 1.73. The average Bonchev–Trinajstić information content (AvgIpc) is 3.49. The maximum Gasteiger partial charge on any atom is 0.350 e. The van der Waals surface area contributed by atoms with Gasteiger partial charge in [0.15, 0.2) is 5.65 Å². The Morgan fingerprint density at radius 3 is 2.91 bits per heavy atom. The van der Waals surface area contributed by atoms with E-state index >= 15 is 0 Å². The quantitative estimate of drug-likeness (QED) is 0.597. The molecule has 9 nitrogen and oxygen atoms in total. The van der Waals surface area contributed by atoms with Crippen molar-refractivity contribution in [2.24, 2.45) is 11.8 Å². The summed E-state index contributed by atoms with van der Waals surface area (Å²) < 4.78 is 9.06. The summed E-state index contributed by atoms with van der Waals surface area (Å²) in [5, 5.41) is 8.40. The van der Waals surface area contributed by atoms with Crippen LogP contribution >= 0.6 is 0 Å². The van der Waals surface area contributed by atoms with Crippen LogP contribution in [-0.4, -0.2) is 62.7 Å². The molecule has 1 aromatic carbocycles. The maximum absolute atomic E-state index is 13.1. The molecule has 2 amide bonds. The number of pyridine rings is 1. The van der Waals surface area contributed by atoms with E-state index in [9.17, 15) is 14.4 Å². The Bertz CT molecular complexity index is 1440. The third-order valence-electron chi connectivity index (χ3n) is 7.21. The van der Waals surface area contributed by atoms with E-state index in [0.29, 0.717) is 12.2 Å². The molecule has 5 heterocycles. The second kappa shape index (κ2) is 6.77. The summed E-state index contributed by atoms with van der Waals surface area (Å²) in [5.41, 5.74) is 2.47. The Balaban J connectivity index is 1.23. The third-order valence-corrected chi connectivity index (χ3v) is 7.21. The zero-order valence-electron chi connectivity index (χ0n) is 18.7. The molecule has 0 aliphatic carbocycles. The van der Waals surface area contributed by atoms with E-state index in [4.69, 9.17) is 4.74 Å². The van der Waals surface area contributed by atoms with Crippen LogP contribution in [0.1, 0.15) is 11.1 Å². The summed E-state index contributed by atoms with van der Waals surface area (Å²) in [6, 6.07) is 8.02. The first kappa shape index (κ1) is 20.2. The van der Waals surface area contributed by atoms with Crippen molar-refractivity contribution in [2.45, 2.75) is 32.1 Å². The number of benzene rings is 1. The van der Waals surface area contributed by atoms with Gasteiger partial charge in [0.05, 0.1) is 36.5 Å². The molecule has 4 atom stereocenters. The molecule has 9 heteroatoms. The van der Waals surface area contributed by atoms with Gasteiger partial charge in [-0.05, 0) is 42.5 Å². The van der Waals surface area contributed by atoms with E-state index in [1.165, 1.54) is 4.68 Å². The molecule has 2 saturated heterocycles. The van der Waals surface area contributed by atoms with Crippen LogP contribution in [0.4, 0.5) is 0 Å². The number of hydrogen-bond donors (Lipinski definition) is 1. The standard InChI is InChI=1S/C24H25N5O4/c1-13-4-5-15-11-14(2)20-26-28(23(32)29(20)16(15)10-13)9-8-25-21(30)18-17-6-7-24(33-17)12-27(3)22(31)19(18)24/h4-7,10-11,17-19H,8-9,12H2,1-3H3,(H,25,30)/t17-,18-,19-,24+/m1/s1. The molecule has 3 aromatic rings. The maximum atomic E-state index is 13.1. The number of aromatic nitrogens is 3. The molecule has 0 saturated carbocycles. The number of aryl methyl sites for hydroxylation is 2. The highest BCUT2D eigenvalue weighted by Gasteiger charge is 2.66. The molecular formula is C24H25N5O4. The number of likely N-dealkylation sites (tertiary alicyclic amines) is 1. The number of rotatable bonds is 4. The molecule has 3 aliphatic heterocycles. The highest BCUT2D eigenvalue weighted by Crippen LogP contribution is 2.51. The van der Waals surface area contributed by atoms with E-state index in [0.717, 1.165) is 22.0 Å². The number of fused-ring (bicyclic) bond motifs is 4. The van der Waals surface area contributed by atoms with Gasteiger partial charge in [0, 0.05) is 13.6 Å². The summed E-state index contributed by atoms with van der Waals surface area (Å²) in [6.45, 7) is 4.85. The van der Waals surface area contributed by atoms with Crippen LogP contribution in [0.5, 0.6) is 0 Å². The van der Waals surface area contributed by atoms with Gasteiger partial charge in [-0.15, -0.1) is 5.10 Å². The van der Waals surface area contributed by atoms with Gasteiger partial charge in [0.1, 0.15) is 5.60 Å². The molecule has 6 rings (SSSR count). The van der Waals surface area contributed by atoms with Crippen molar-refractivity contribution in [3.05, 3.63) is 58.0 Å². The Morgan fingerprint density at radius 2 is 2.09 bits per heavy atom. The van der Waals surface area contributed by atoms with Crippen molar-refractivity contribution in [1.29, 1.82) is 0 Å². The number of likely N-dealkylation sites (N-methyl/N-ethyl adjacent to an activating group) is 1. The molecular weight excluding hydrogens is 422 g/mol. The topological polar surface area (TPSA) is 97.9 Å². The first-order chi connectivity index (χ1) is 15.8. The SMILES string of the molecule is Cc1ccc2cc(C)c3nn(CCNC(=O)[C@@H]4[C@H]5C=C[C@@]6(CN(C)C(=O)[C@@H]46)O5)c(=O)n3c2c1. The van der Waals surface area contributed by atoms with Crippen molar-refractivity contribution in [1.82, 2.24) is 24.4 Å². The van der Waals surface area contributed by atoms with E-state index in [-0.39, 0.29) is 36.7 Å². The third kappa shape index (κ3) is 2.75. The Hall–Kier alpha value is -3.46. The lowest BCUT2D eigenvalue weighted by Gasteiger charge is -2.23. The molecule has 3 aliphatic rings. The zero-order chi connectivity index (χ0) is 23.1. The van der Waals surface area contributed by atoms with Crippen LogP contribution in [0.3, 0.4) is 0 Å². The number of amides is 2. The van der Waals surface area contributed by atoms with Crippen LogP contribution in [0, 0.1) is 25.7 Å². The number of nitrogens with zero attached hydrogens (tertiary/aromatic N) is 4. The number of ether oxygens (including phenoxy) is 1. The normalized spacial score (nSPS) is 27.8.